The smallest absolute Gasteiger partial charge is 0.328 e. The molecule has 1 aromatic heterocycles. The topological polar surface area (TPSA) is 107 Å². The van der Waals surface area contributed by atoms with Crippen molar-refractivity contribution in [1.82, 2.24) is 9.29 Å². The highest BCUT2D eigenvalue weighted by Crippen LogP contribution is 2.22. The van der Waals surface area contributed by atoms with Crippen LogP contribution in [-0.2, 0) is 26.1 Å². The van der Waals surface area contributed by atoms with E-state index in [-0.39, 0.29) is 22.3 Å². The second-order valence-corrected chi connectivity index (χ2v) is 9.50. The number of sulfonamides is 1. The van der Waals surface area contributed by atoms with Crippen molar-refractivity contribution in [2.45, 2.75) is 25.3 Å². The number of amidine groups is 1. The molecule has 0 aliphatic carbocycles. The minimum atomic E-state index is -3.70. The van der Waals surface area contributed by atoms with Crippen molar-refractivity contribution in [3.63, 3.8) is 0 Å². The van der Waals surface area contributed by atoms with Gasteiger partial charge in [-0.25, -0.2) is 12.8 Å². The van der Waals surface area contributed by atoms with Gasteiger partial charge in [-0.3, -0.25) is 19.3 Å². The quantitative estimate of drug-likeness (QED) is 0.411. The molecule has 0 radical (unpaired) electrons. The van der Waals surface area contributed by atoms with Gasteiger partial charge in [-0.1, -0.05) is 24.3 Å². The number of aliphatic imine (C=N–C) groups is 1. The first-order valence-electron chi connectivity index (χ1n) is 10.4. The Morgan fingerprint density at radius 3 is 2.53 bits per heavy atom. The normalized spacial score (nSPS) is 15.1. The molecule has 0 fully saturated rings. The number of halogens is 1. The van der Waals surface area contributed by atoms with E-state index in [4.69, 9.17) is 4.74 Å². The number of hydrogen-bond donors (Lipinski definition) is 1. The fraction of sp³-hybridized carbons (Fsp3) is 0.208. The summed E-state index contributed by atoms with van der Waals surface area (Å²) in [5.41, 5.74) is 3.24. The maximum atomic E-state index is 13.2. The number of aromatic nitrogens is 1. The molecule has 0 atom stereocenters. The molecule has 0 saturated heterocycles. The van der Waals surface area contributed by atoms with Gasteiger partial charge < -0.3 is 9.30 Å². The van der Waals surface area contributed by atoms with Crippen LogP contribution in [0.5, 0.6) is 0 Å². The molecule has 4 rings (SSSR count). The maximum Gasteiger partial charge on any atom is 0.328 e. The summed E-state index contributed by atoms with van der Waals surface area (Å²) in [6.07, 6.45) is 0. The van der Waals surface area contributed by atoms with Crippen LogP contribution in [0, 0.1) is 19.7 Å². The minimum absolute atomic E-state index is 0.0585. The zero-order valence-corrected chi connectivity index (χ0v) is 19.4. The van der Waals surface area contributed by atoms with Crippen LogP contribution in [0.25, 0.3) is 0 Å². The van der Waals surface area contributed by atoms with E-state index in [2.05, 4.69) is 9.71 Å². The number of ketones is 1. The highest BCUT2D eigenvalue weighted by Gasteiger charge is 2.30. The van der Waals surface area contributed by atoms with Gasteiger partial charge in [0, 0.05) is 29.1 Å². The summed E-state index contributed by atoms with van der Waals surface area (Å²) in [6.45, 7) is 3.22. The van der Waals surface area contributed by atoms with Gasteiger partial charge in [0.15, 0.2) is 6.61 Å². The molecule has 2 heterocycles. The van der Waals surface area contributed by atoms with Crippen molar-refractivity contribution in [2.75, 3.05) is 13.2 Å². The highest BCUT2D eigenvalue weighted by atomic mass is 32.2. The molecule has 34 heavy (non-hydrogen) atoms. The van der Waals surface area contributed by atoms with Gasteiger partial charge in [0.1, 0.15) is 18.2 Å². The zero-order valence-electron chi connectivity index (χ0n) is 18.5. The number of esters is 1. The average Bonchev–Trinajstić information content (AvgIpc) is 3.24. The Balaban J connectivity index is 1.38. The number of aryl methyl sites for hydroxylation is 1. The van der Waals surface area contributed by atoms with Crippen LogP contribution in [0.1, 0.15) is 32.9 Å². The van der Waals surface area contributed by atoms with E-state index < -0.39 is 29.1 Å². The molecule has 2 aromatic carbocycles. The number of ether oxygens (including phenoxy) is 1. The molecule has 176 valence electrons. The van der Waals surface area contributed by atoms with Crippen LogP contribution in [-0.4, -0.2) is 43.7 Å². The summed E-state index contributed by atoms with van der Waals surface area (Å²) in [4.78, 5) is 28.9. The summed E-state index contributed by atoms with van der Waals surface area (Å²) in [5.74, 6) is -1.39. The molecule has 3 aromatic rings. The monoisotopic (exact) mass is 483 g/mol. The number of nitrogens with one attached hydrogen (secondary N) is 1. The van der Waals surface area contributed by atoms with Gasteiger partial charge in [-0.15, -0.1) is 0 Å². The lowest BCUT2D eigenvalue weighted by molar-refractivity contribution is -0.140. The maximum absolute atomic E-state index is 13.2. The van der Waals surface area contributed by atoms with Crippen LogP contribution in [0.4, 0.5) is 4.39 Å². The Hall–Kier alpha value is -3.79. The number of carbonyl (C=O) groups is 2. The van der Waals surface area contributed by atoms with Crippen molar-refractivity contribution in [1.29, 1.82) is 0 Å². The van der Waals surface area contributed by atoms with Crippen LogP contribution in [0.3, 0.4) is 0 Å². The summed E-state index contributed by atoms with van der Waals surface area (Å²) in [5, 5.41) is 0. The Morgan fingerprint density at radius 1 is 1.09 bits per heavy atom. The first-order chi connectivity index (χ1) is 16.2. The fourth-order valence-corrected chi connectivity index (χ4v) is 5.01. The van der Waals surface area contributed by atoms with E-state index in [0.29, 0.717) is 23.4 Å². The molecule has 0 spiro atoms. The molecule has 0 saturated carbocycles. The fourth-order valence-electron chi connectivity index (χ4n) is 3.76. The number of rotatable bonds is 7. The molecular weight excluding hydrogens is 461 g/mol. The third-order valence-corrected chi connectivity index (χ3v) is 6.92. The summed E-state index contributed by atoms with van der Waals surface area (Å²) >= 11 is 0. The average molecular weight is 484 g/mol. The van der Waals surface area contributed by atoms with Crippen LogP contribution >= 0.6 is 0 Å². The third-order valence-electron chi connectivity index (χ3n) is 5.52. The summed E-state index contributed by atoms with van der Waals surface area (Å²) < 4.78 is 46.7. The first kappa shape index (κ1) is 23.4. The van der Waals surface area contributed by atoms with Crippen LogP contribution in [0.2, 0.25) is 0 Å². The van der Waals surface area contributed by atoms with Gasteiger partial charge in [-0.2, -0.15) is 0 Å². The van der Waals surface area contributed by atoms with Gasteiger partial charge >= 0.3 is 5.97 Å². The lowest BCUT2D eigenvalue weighted by atomic mass is 10.1. The number of fused-ring (bicyclic) bond motifs is 1. The van der Waals surface area contributed by atoms with Crippen LogP contribution < -0.4 is 4.72 Å². The van der Waals surface area contributed by atoms with E-state index in [1.165, 1.54) is 18.2 Å². The number of nitrogens with zero attached hydrogens (tertiary/aromatic N) is 2. The Kier molecular flexibility index (Phi) is 6.34. The number of Topliss-reactive ketones (excluding diaryl/α,β-unsaturated/α-hetero) is 1. The molecule has 1 aliphatic rings. The second-order valence-electron chi connectivity index (χ2n) is 7.85. The van der Waals surface area contributed by atoms with Crippen molar-refractivity contribution >= 4 is 27.6 Å². The van der Waals surface area contributed by atoms with Gasteiger partial charge in [0.2, 0.25) is 5.78 Å². The van der Waals surface area contributed by atoms with Crippen molar-refractivity contribution < 1.29 is 27.1 Å². The summed E-state index contributed by atoms with van der Waals surface area (Å²) in [6, 6.07) is 14.1. The Labute approximate surface area is 196 Å². The molecule has 0 bridgehead atoms. The van der Waals surface area contributed by atoms with E-state index >= 15 is 0 Å². The molecule has 1 N–H and O–H groups in total. The number of hydrogen-bond acceptors (Lipinski definition) is 6. The minimum Gasteiger partial charge on any atom is -0.456 e. The molecule has 0 unspecified atom stereocenters. The predicted molar refractivity (Wildman–Crippen MR) is 123 cm³/mol. The van der Waals surface area contributed by atoms with E-state index in [9.17, 15) is 22.4 Å². The predicted octanol–water partition coefficient (Wildman–Crippen LogP) is 2.76. The number of carbonyl (C=O) groups excluding carboxylic acids is 2. The van der Waals surface area contributed by atoms with E-state index in [0.717, 1.165) is 11.3 Å². The largest absolute Gasteiger partial charge is 0.456 e. The standard InChI is InChI=1S/C24H22FN3O5S/c1-15-11-20(16(2)28(15)13-17-7-9-18(25)10-8-17)21(29)14-33-23(30)12-26-24-19-5-3-4-6-22(19)34(31,32)27-24/h3-11H,12-14H2,1-2H3,(H,26,27). The van der Waals surface area contributed by atoms with Crippen LogP contribution in [0.15, 0.2) is 64.5 Å². The van der Waals surface area contributed by atoms with Gasteiger partial charge in [-0.05, 0) is 49.7 Å². The van der Waals surface area contributed by atoms with E-state index in [1.54, 1.807) is 43.3 Å². The third kappa shape index (κ3) is 4.76. The molecular formula is C24H22FN3O5S. The number of benzene rings is 2. The molecule has 8 nitrogen and oxygen atoms in total. The van der Waals surface area contributed by atoms with Gasteiger partial charge in [0.25, 0.3) is 10.0 Å². The SMILES string of the molecule is Cc1cc(C(=O)COC(=O)CN=C2NS(=O)(=O)c3ccccc32)c(C)n1Cc1ccc(F)cc1. The lowest BCUT2D eigenvalue weighted by Crippen LogP contribution is -2.24. The van der Waals surface area contributed by atoms with Crippen molar-refractivity contribution in [2.24, 2.45) is 4.99 Å². The highest BCUT2D eigenvalue weighted by molar-refractivity contribution is 7.90. The zero-order chi connectivity index (χ0) is 24.5. The Bertz CT molecular complexity index is 1410. The lowest BCUT2D eigenvalue weighted by Gasteiger charge is -2.10. The van der Waals surface area contributed by atoms with Gasteiger partial charge in [0.05, 0.1) is 4.90 Å². The second kappa shape index (κ2) is 9.22. The van der Waals surface area contributed by atoms with Crippen molar-refractivity contribution in [3.05, 3.63) is 88.5 Å². The van der Waals surface area contributed by atoms with Crippen molar-refractivity contribution in [3.8, 4) is 0 Å². The Morgan fingerprint density at radius 2 is 1.79 bits per heavy atom. The molecule has 0 amide bonds. The molecule has 1 aliphatic heterocycles. The summed E-state index contributed by atoms with van der Waals surface area (Å²) in [7, 11) is -3.70. The first-order valence-corrected chi connectivity index (χ1v) is 11.9. The van der Waals surface area contributed by atoms with E-state index in [1.807, 2.05) is 11.5 Å². The molecule has 10 heteroatoms.